The third kappa shape index (κ3) is 7.62. The molecule has 0 radical (unpaired) electrons. The van der Waals surface area contributed by atoms with Crippen molar-refractivity contribution in [3.05, 3.63) is 82.6 Å². The van der Waals surface area contributed by atoms with Crippen molar-refractivity contribution in [1.29, 1.82) is 0 Å². The fourth-order valence-electron chi connectivity index (χ4n) is 4.14. The Kier molecular flexibility index (Phi) is 9.70. The van der Waals surface area contributed by atoms with Crippen LogP contribution in [-0.4, -0.2) is 81.5 Å². The van der Waals surface area contributed by atoms with Crippen LogP contribution in [0.1, 0.15) is 10.4 Å². The maximum absolute atomic E-state index is 13.7. The zero-order chi connectivity index (χ0) is 26.1. The molecule has 198 valence electrons. The number of thiophene rings is 1. The molecule has 2 heterocycles. The summed E-state index contributed by atoms with van der Waals surface area (Å²) in [5.41, 5.74) is 0.991. The quantitative estimate of drug-likeness (QED) is 0.349. The monoisotopic (exact) mass is 543 g/mol. The zero-order valence-electron chi connectivity index (χ0n) is 21.0. The van der Waals surface area contributed by atoms with Gasteiger partial charge in [-0.05, 0) is 41.3 Å². The molecule has 1 aliphatic heterocycles. The Bertz CT molecular complexity index is 1210. The SMILES string of the molecule is COc1ccc(S(=O)(=O)N(CCN2CCOCC2)CC(=O)N(Cc2ccccc2)Cc2cccs2)cc1. The topological polar surface area (TPSA) is 79.4 Å². The number of amides is 1. The number of nitrogens with zero attached hydrogens (tertiary/aromatic N) is 3. The number of ether oxygens (including phenoxy) is 2. The largest absolute Gasteiger partial charge is 0.497 e. The van der Waals surface area contributed by atoms with Gasteiger partial charge in [0.1, 0.15) is 5.75 Å². The minimum Gasteiger partial charge on any atom is -0.497 e. The summed E-state index contributed by atoms with van der Waals surface area (Å²) in [7, 11) is -2.38. The van der Waals surface area contributed by atoms with Gasteiger partial charge in [0.05, 0.1) is 38.3 Å². The van der Waals surface area contributed by atoms with Gasteiger partial charge in [-0.25, -0.2) is 8.42 Å². The number of rotatable bonds is 12. The minimum absolute atomic E-state index is 0.135. The van der Waals surface area contributed by atoms with Crippen LogP contribution in [0.5, 0.6) is 5.75 Å². The molecule has 8 nitrogen and oxygen atoms in total. The van der Waals surface area contributed by atoms with E-state index in [1.165, 1.54) is 23.5 Å². The highest BCUT2D eigenvalue weighted by Gasteiger charge is 2.29. The lowest BCUT2D eigenvalue weighted by Crippen LogP contribution is -2.46. The zero-order valence-corrected chi connectivity index (χ0v) is 22.6. The first kappa shape index (κ1) is 27.3. The lowest BCUT2D eigenvalue weighted by molar-refractivity contribution is -0.132. The van der Waals surface area contributed by atoms with Crippen LogP contribution in [0.2, 0.25) is 0 Å². The van der Waals surface area contributed by atoms with Gasteiger partial charge in [-0.3, -0.25) is 9.69 Å². The Balaban J connectivity index is 1.56. The number of carbonyl (C=O) groups excluding carboxylic acids is 1. The average molecular weight is 544 g/mol. The second-order valence-corrected chi connectivity index (χ2v) is 11.8. The van der Waals surface area contributed by atoms with Crippen LogP contribution in [0.4, 0.5) is 0 Å². The van der Waals surface area contributed by atoms with Crippen molar-refractivity contribution >= 4 is 27.3 Å². The van der Waals surface area contributed by atoms with Gasteiger partial charge >= 0.3 is 0 Å². The predicted octanol–water partition coefficient (Wildman–Crippen LogP) is 3.31. The van der Waals surface area contributed by atoms with Crippen molar-refractivity contribution in [1.82, 2.24) is 14.1 Å². The van der Waals surface area contributed by atoms with Crippen molar-refractivity contribution < 1.29 is 22.7 Å². The summed E-state index contributed by atoms with van der Waals surface area (Å²) in [4.78, 5) is 18.8. The Morgan fingerprint density at radius 3 is 2.38 bits per heavy atom. The number of morpholine rings is 1. The smallest absolute Gasteiger partial charge is 0.243 e. The fraction of sp³-hybridized carbons (Fsp3) is 0.370. The average Bonchev–Trinajstić information content (AvgIpc) is 3.45. The molecule has 1 amide bonds. The van der Waals surface area contributed by atoms with Crippen molar-refractivity contribution in [2.75, 3.05) is 53.0 Å². The second kappa shape index (κ2) is 13.2. The number of hydrogen-bond acceptors (Lipinski definition) is 7. The molecule has 0 aliphatic carbocycles. The minimum atomic E-state index is -3.92. The molecule has 3 aromatic rings. The molecule has 0 atom stereocenters. The van der Waals surface area contributed by atoms with Gasteiger partial charge in [-0.1, -0.05) is 36.4 Å². The van der Waals surface area contributed by atoms with Crippen molar-refractivity contribution in [2.24, 2.45) is 0 Å². The number of sulfonamides is 1. The highest BCUT2D eigenvalue weighted by Crippen LogP contribution is 2.21. The van der Waals surface area contributed by atoms with E-state index in [-0.39, 0.29) is 23.9 Å². The Morgan fingerprint density at radius 2 is 1.73 bits per heavy atom. The molecule has 1 aromatic heterocycles. The van der Waals surface area contributed by atoms with Gasteiger partial charge in [0.2, 0.25) is 15.9 Å². The molecular weight excluding hydrogens is 510 g/mol. The molecule has 1 aliphatic rings. The van der Waals surface area contributed by atoms with Crippen LogP contribution in [-0.2, 0) is 32.6 Å². The molecule has 1 saturated heterocycles. The van der Waals surface area contributed by atoms with Gasteiger partial charge in [0, 0.05) is 37.6 Å². The Hall–Kier alpha value is -2.76. The van der Waals surface area contributed by atoms with Crippen LogP contribution < -0.4 is 4.74 Å². The van der Waals surface area contributed by atoms with Gasteiger partial charge < -0.3 is 14.4 Å². The van der Waals surface area contributed by atoms with Crippen LogP contribution in [0, 0.1) is 0 Å². The Morgan fingerprint density at radius 1 is 1.00 bits per heavy atom. The summed E-state index contributed by atoms with van der Waals surface area (Å²) in [6, 6.07) is 20.0. The Labute approximate surface area is 223 Å². The lowest BCUT2D eigenvalue weighted by Gasteiger charge is -2.31. The molecule has 0 N–H and O–H groups in total. The summed E-state index contributed by atoms with van der Waals surface area (Å²) < 4.78 is 39.3. The van der Waals surface area contributed by atoms with Crippen LogP contribution >= 0.6 is 11.3 Å². The first-order chi connectivity index (χ1) is 18.0. The third-order valence-corrected chi connectivity index (χ3v) is 8.99. The van der Waals surface area contributed by atoms with E-state index in [0.29, 0.717) is 38.6 Å². The normalized spacial score (nSPS) is 14.5. The van der Waals surface area contributed by atoms with E-state index in [2.05, 4.69) is 4.90 Å². The summed E-state index contributed by atoms with van der Waals surface area (Å²) in [5, 5.41) is 1.98. The lowest BCUT2D eigenvalue weighted by atomic mass is 10.2. The molecule has 37 heavy (non-hydrogen) atoms. The van der Waals surface area contributed by atoms with E-state index < -0.39 is 10.0 Å². The predicted molar refractivity (Wildman–Crippen MR) is 144 cm³/mol. The molecule has 0 spiro atoms. The van der Waals surface area contributed by atoms with E-state index >= 15 is 0 Å². The number of carbonyl (C=O) groups is 1. The molecule has 4 rings (SSSR count). The van der Waals surface area contributed by atoms with Crippen LogP contribution in [0.3, 0.4) is 0 Å². The van der Waals surface area contributed by atoms with Crippen LogP contribution in [0.15, 0.2) is 77.0 Å². The summed E-state index contributed by atoms with van der Waals surface area (Å²) in [6.07, 6.45) is 0. The molecular formula is C27H33N3O5S2. The van der Waals surface area contributed by atoms with Crippen molar-refractivity contribution in [2.45, 2.75) is 18.0 Å². The molecule has 0 saturated carbocycles. The molecule has 10 heteroatoms. The highest BCUT2D eigenvalue weighted by atomic mass is 32.2. The van der Waals surface area contributed by atoms with Gasteiger partial charge in [0.25, 0.3) is 0 Å². The van der Waals surface area contributed by atoms with Crippen molar-refractivity contribution in [3.8, 4) is 5.75 Å². The van der Waals surface area contributed by atoms with E-state index in [9.17, 15) is 13.2 Å². The standard InChI is InChI=1S/C27H33N3O5S2/c1-34-24-9-11-26(12-10-24)37(32,33)30(14-13-28-15-17-35-18-16-28)22-27(31)29(21-25-8-5-19-36-25)20-23-6-3-2-4-7-23/h2-12,19H,13-18,20-22H2,1H3. The molecule has 0 unspecified atom stereocenters. The van der Waals surface area contributed by atoms with Crippen LogP contribution in [0.25, 0.3) is 0 Å². The second-order valence-electron chi connectivity index (χ2n) is 8.78. The van der Waals surface area contributed by atoms with E-state index in [1.807, 2.05) is 47.8 Å². The van der Waals surface area contributed by atoms with Crippen molar-refractivity contribution in [3.63, 3.8) is 0 Å². The summed E-state index contributed by atoms with van der Waals surface area (Å²) >= 11 is 1.58. The maximum Gasteiger partial charge on any atom is 0.243 e. The maximum atomic E-state index is 13.7. The summed E-state index contributed by atoms with van der Waals surface area (Å²) in [5.74, 6) is 0.330. The fourth-order valence-corrected chi connectivity index (χ4v) is 6.24. The third-order valence-electron chi connectivity index (χ3n) is 6.27. The summed E-state index contributed by atoms with van der Waals surface area (Å²) in [6.45, 7) is 4.03. The van der Waals surface area contributed by atoms with E-state index in [1.54, 1.807) is 28.4 Å². The van der Waals surface area contributed by atoms with Gasteiger partial charge in [-0.15, -0.1) is 11.3 Å². The van der Waals surface area contributed by atoms with E-state index in [4.69, 9.17) is 9.47 Å². The van der Waals surface area contributed by atoms with Gasteiger partial charge in [0.15, 0.2) is 0 Å². The molecule has 0 bridgehead atoms. The van der Waals surface area contributed by atoms with E-state index in [0.717, 1.165) is 23.5 Å². The highest BCUT2D eigenvalue weighted by molar-refractivity contribution is 7.89. The number of hydrogen-bond donors (Lipinski definition) is 0. The first-order valence-corrected chi connectivity index (χ1v) is 14.6. The molecule has 1 fully saturated rings. The number of benzene rings is 2. The van der Waals surface area contributed by atoms with Gasteiger partial charge in [-0.2, -0.15) is 4.31 Å². The molecule has 2 aromatic carbocycles. The first-order valence-electron chi connectivity index (χ1n) is 12.2. The number of methoxy groups -OCH3 is 1.